The highest BCUT2D eigenvalue weighted by atomic mass is 32.1. The average Bonchev–Trinajstić information content (AvgIpc) is 3.58. The summed E-state index contributed by atoms with van der Waals surface area (Å²) in [7, 11) is 0. The first-order valence-corrected chi connectivity index (χ1v) is 14.9. The quantitative estimate of drug-likeness (QED) is 0.0812. The molecule has 2 aliphatic heterocycles. The van der Waals surface area contributed by atoms with Gasteiger partial charge in [0.2, 0.25) is 0 Å². The van der Waals surface area contributed by atoms with E-state index < -0.39 is 23.7 Å². The first-order valence-electron chi connectivity index (χ1n) is 14.1. The Kier molecular flexibility index (Phi) is 8.35. The second-order valence-electron chi connectivity index (χ2n) is 10.2. The molecule has 3 aromatic carbocycles. The molecular formula is C34H28N2O8S. The van der Waals surface area contributed by atoms with E-state index in [0.29, 0.717) is 48.3 Å². The van der Waals surface area contributed by atoms with Crippen LogP contribution in [0.1, 0.15) is 38.1 Å². The van der Waals surface area contributed by atoms with Gasteiger partial charge in [0.15, 0.2) is 16.6 Å². The smallest absolute Gasteiger partial charge is 0.350 e. The molecule has 4 aromatic rings. The van der Waals surface area contributed by atoms with Crippen LogP contribution in [-0.2, 0) is 20.9 Å². The first kappa shape index (κ1) is 29.6. The van der Waals surface area contributed by atoms with E-state index in [1.807, 2.05) is 30.3 Å². The number of carbonyl (C=O) groups is 3. The van der Waals surface area contributed by atoms with E-state index in [0.717, 1.165) is 16.9 Å². The van der Waals surface area contributed by atoms with Crippen molar-refractivity contribution < 1.29 is 38.4 Å². The van der Waals surface area contributed by atoms with Gasteiger partial charge in [-0.05, 0) is 48.4 Å². The van der Waals surface area contributed by atoms with Gasteiger partial charge in [-0.25, -0.2) is 9.78 Å². The van der Waals surface area contributed by atoms with Gasteiger partial charge in [-0.1, -0.05) is 66.5 Å². The number of amides is 1. The maximum atomic E-state index is 13.7. The van der Waals surface area contributed by atoms with E-state index in [-0.39, 0.29) is 33.5 Å². The number of carbonyl (C=O) groups excluding carboxylic acids is 3. The lowest BCUT2D eigenvalue weighted by Crippen LogP contribution is -2.29. The molecule has 1 fully saturated rings. The lowest BCUT2D eigenvalue weighted by Gasteiger charge is -2.23. The fourth-order valence-corrected chi connectivity index (χ4v) is 6.04. The minimum absolute atomic E-state index is 0.00421. The zero-order valence-electron chi connectivity index (χ0n) is 24.2. The summed E-state index contributed by atoms with van der Waals surface area (Å²) in [6, 6.07) is 20.3. The summed E-state index contributed by atoms with van der Waals surface area (Å²) < 4.78 is 22.4. The number of hydrogen-bond donors (Lipinski definition) is 1. The number of esters is 1. The van der Waals surface area contributed by atoms with Crippen LogP contribution in [0, 0.1) is 6.92 Å². The molecular weight excluding hydrogens is 596 g/mol. The molecule has 1 saturated heterocycles. The Morgan fingerprint density at radius 1 is 1.07 bits per heavy atom. The van der Waals surface area contributed by atoms with E-state index in [4.69, 9.17) is 18.9 Å². The molecule has 2 aliphatic rings. The van der Waals surface area contributed by atoms with Crippen molar-refractivity contribution in [3.63, 3.8) is 0 Å². The minimum atomic E-state index is -1.07. The standard InChI is InChI=1S/C34H28N2O8S/c1-3-15-43-33(40)31-20(2)35-34(45-31)36-28(22-9-12-24(13-10-22)44-19-21-7-5-4-6-8-21)27(30(38)32(36)39)29(37)23-11-14-25-26(18-23)42-17-16-41-25/h3-14,18,28,37H,1,15-17,19H2,2H3/b29-27+. The highest BCUT2D eigenvalue weighted by molar-refractivity contribution is 7.17. The van der Waals surface area contributed by atoms with Crippen molar-refractivity contribution in [1.82, 2.24) is 4.98 Å². The van der Waals surface area contributed by atoms with Gasteiger partial charge in [-0.15, -0.1) is 0 Å². The van der Waals surface area contributed by atoms with Crippen LogP contribution in [0.15, 0.2) is 91.0 Å². The summed E-state index contributed by atoms with van der Waals surface area (Å²) in [5, 5.41) is 11.7. The Hall–Kier alpha value is -5.42. The highest BCUT2D eigenvalue weighted by Crippen LogP contribution is 2.45. The van der Waals surface area contributed by atoms with Crippen molar-refractivity contribution in [3.8, 4) is 17.2 Å². The normalized spacial score (nSPS) is 16.8. The summed E-state index contributed by atoms with van der Waals surface area (Å²) in [5.74, 6) is -1.32. The van der Waals surface area contributed by atoms with Crippen LogP contribution in [0.4, 0.5) is 5.13 Å². The summed E-state index contributed by atoms with van der Waals surface area (Å²) in [4.78, 5) is 45.8. The maximum Gasteiger partial charge on any atom is 0.350 e. The van der Waals surface area contributed by atoms with Gasteiger partial charge in [0.05, 0.1) is 17.3 Å². The van der Waals surface area contributed by atoms with Crippen LogP contribution in [0.3, 0.4) is 0 Å². The third-order valence-corrected chi connectivity index (χ3v) is 8.35. The minimum Gasteiger partial charge on any atom is -0.507 e. The number of aromatic nitrogens is 1. The van der Waals surface area contributed by atoms with Gasteiger partial charge in [0, 0.05) is 5.56 Å². The molecule has 0 spiro atoms. The van der Waals surface area contributed by atoms with Crippen molar-refractivity contribution in [2.75, 3.05) is 24.7 Å². The molecule has 1 aromatic heterocycles. The predicted octanol–water partition coefficient (Wildman–Crippen LogP) is 5.77. The van der Waals surface area contributed by atoms with Gasteiger partial charge < -0.3 is 24.1 Å². The van der Waals surface area contributed by atoms with Crippen molar-refractivity contribution in [2.24, 2.45) is 0 Å². The maximum absolute atomic E-state index is 13.7. The molecule has 0 aliphatic carbocycles. The number of hydrogen-bond acceptors (Lipinski definition) is 10. The van der Waals surface area contributed by atoms with Crippen molar-refractivity contribution in [1.29, 1.82) is 0 Å². The van der Waals surface area contributed by atoms with E-state index >= 15 is 0 Å². The van der Waals surface area contributed by atoms with Crippen molar-refractivity contribution >= 4 is 39.9 Å². The fraction of sp³-hybridized carbons (Fsp3) is 0.176. The predicted molar refractivity (Wildman–Crippen MR) is 167 cm³/mol. The number of ether oxygens (including phenoxy) is 4. The van der Waals surface area contributed by atoms with E-state index in [9.17, 15) is 19.5 Å². The topological polar surface area (TPSA) is 124 Å². The number of nitrogens with zero attached hydrogens (tertiary/aromatic N) is 2. The zero-order valence-corrected chi connectivity index (χ0v) is 25.0. The molecule has 1 atom stereocenters. The Labute approximate surface area is 262 Å². The summed E-state index contributed by atoms with van der Waals surface area (Å²) in [6.07, 6.45) is 1.44. The number of Topliss-reactive ketones (excluding diaryl/α,β-unsaturated/α-hetero) is 1. The molecule has 10 nitrogen and oxygen atoms in total. The number of anilines is 1. The molecule has 1 unspecified atom stereocenters. The van der Waals surface area contributed by atoms with Crippen LogP contribution in [0.5, 0.6) is 17.2 Å². The SMILES string of the molecule is C=CCOC(=O)c1sc(N2C(=O)C(=O)/C(=C(/O)c3ccc4c(c3)OCCO4)C2c2ccc(OCc3ccccc3)cc2)nc1C. The molecule has 11 heteroatoms. The van der Waals surface area contributed by atoms with Gasteiger partial charge >= 0.3 is 11.9 Å². The number of thiazole rings is 1. The van der Waals surface area contributed by atoms with Crippen LogP contribution >= 0.6 is 11.3 Å². The monoisotopic (exact) mass is 624 g/mol. The number of benzene rings is 3. The zero-order chi connectivity index (χ0) is 31.5. The molecule has 1 N–H and O–H groups in total. The van der Waals surface area contributed by atoms with Crippen molar-refractivity contribution in [2.45, 2.75) is 19.6 Å². The third kappa shape index (κ3) is 5.89. The van der Waals surface area contributed by atoms with Gasteiger partial charge in [0.25, 0.3) is 5.78 Å². The van der Waals surface area contributed by atoms with Crippen LogP contribution < -0.4 is 19.1 Å². The summed E-state index contributed by atoms with van der Waals surface area (Å²) >= 11 is 0.924. The molecule has 6 rings (SSSR count). The van der Waals surface area contributed by atoms with Crippen LogP contribution in [0.2, 0.25) is 0 Å². The average molecular weight is 625 g/mol. The number of aliphatic hydroxyl groups is 1. The van der Waals surface area contributed by atoms with Crippen LogP contribution in [-0.4, -0.2) is 47.6 Å². The van der Waals surface area contributed by atoms with Gasteiger partial charge in [-0.2, -0.15) is 0 Å². The molecule has 228 valence electrons. The number of ketones is 1. The fourth-order valence-electron chi connectivity index (χ4n) is 5.05. The summed E-state index contributed by atoms with van der Waals surface area (Å²) in [6.45, 7) is 6.25. The molecule has 0 bridgehead atoms. The highest BCUT2D eigenvalue weighted by Gasteiger charge is 2.48. The molecule has 45 heavy (non-hydrogen) atoms. The Balaban J connectivity index is 1.41. The van der Waals surface area contributed by atoms with Crippen molar-refractivity contribution in [3.05, 3.63) is 118 Å². The lowest BCUT2D eigenvalue weighted by molar-refractivity contribution is -0.132. The van der Waals surface area contributed by atoms with Gasteiger partial charge in [0.1, 0.15) is 42.8 Å². The molecule has 0 saturated carbocycles. The van der Waals surface area contributed by atoms with E-state index in [1.165, 1.54) is 11.0 Å². The number of aryl methyl sites for hydroxylation is 1. The largest absolute Gasteiger partial charge is 0.507 e. The molecule has 0 radical (unpaired) electrons. The van der Waals surface area contributed by atoms with Gasteiger partial charge in [-0.3, -0.25) is 14.5 Å². The summed E-state index contributed by atoms with van der Waals surface area (Å²) in [5.41, 5.74) is 1.98. The number of fused-ring (bicyclic) bond motifs is 1. The number of rotatable bonds is 9. The second-order valence-corrected chi connectivity index (χ2v) is 11.1. The Bertz CT molecular complexity index is 1810. The molecule has 1 amide bonds. The molecule has 3 heterocycles. The van der Waals surface area contributed by atoms with E-state index in [1.54, 1.807) is 49.4 Å². The third-order valence-electron chi connectivity index (χ3n) is 7.21. The Morgan fingerprint density at radius 2 is 1.80 bits per heavy atom. The second kappa shape index (κ2) is 12.7. The lowest BCUT2D eigenvalue weighted by atomic mass is 9.95. The Morgan fingerprint density at radius 3 is 2.53 bits per heavy atom. The van der Waals surface area contributed by atoms with E-state index in [2.05, 4.69) is 11.6 Å². The first-order chi connectivity index (χ1) is 21.9. The van der Waals surface area contributed by atoms with Crippen LogP contribution in [0.25, 0.3) is 5.76 Å². The number of aliphatic hydroxyl groups excluding tert-OH is 1.